The van der Waals surface area contributed by atoms with Crippen LogP contribution in [0.1, 0.15) is 40.6 Å². The average molecular weight is 345 g/mol. The second-order valence-electron chi connectivity index (χ2n) is 6.65. The van der Waals surface area contributed by atoms with Crippen LogP contribution in [0.25, 0.3) is 0 Å². The Balaban J connectivity index is 1.39. The number of hydrogen-bond donors (Lipinski definition) is 1. The Morgan fingerprint density at radius 1 is 1.32 bits per heavy atom. The lowest BCUT2D eigenvalue weighted by Gasteiger charge is -2.22. The lowest BCUT2D eigenvalue weighted by Crippen LogP contribution is -2.31. The fourth-order valence-corrected chi connectivity index (χ4v) is 3.46. The molecule has 1 saturated heterocycles. The van der Waals surface area contributed by atoms with E-state index in [0.717, 1.165) is 44.7 Å². The van der Waals surface area contributed by atoms with Crippen molar-refractivity contribution in [2.75, 3.05) is 26.4 Å². The Morgan fingerprint density at radius 3 is 3.00 bits per heavy atom. The van der Waals surface area contributed by atoms with E-state index in [0.29, 0.717) is 24.6 Å². The van der Waals surface area contributed by atoms with Gasteiger partial charge in [0.15, 0.2) is 0 Å². The number of aromatic nitrogens is 2. The van der Waals surface area contributed by atoms with E-state index in [2.05, 4.69) is 11.5 Å². The quantitative estimate of drug-likeness (QED) is 0.896. The molecule has 2 aliphatic rings. The van der Waals surface area contributed by atoms with Crippen LogP contribution >= 0.6 is 0 Å². The molecule has 2 aliphatic heterocycles. The molecule has 1 amide bonds. The van der Waals surface area contributed by atoms with Gasteiger partial charge in [-0.05, 0) is 36.8 Å². The van der Waals surface area contributed by atoms with E-state index in [4.69, 9.17) is 19.0 Å². The summed E-state index contributed by atoms with van der Waals surface area (Å²) in [6, 6.07) is 1.64. The molecule has 0 aliphatic carbocycles. The zero-order valence-corrected chi connectivity index (χ0v) is 14.1. The van der Waals surface area contributed by atoms with Gasteiger partial charge in [0.2, 0.25) is 0 Å². The Kier molecular flexibility index (Phi) is 4.85. The number of nitrogens with one attached hydrogen (secondary N) is 1. The van der Waals surface area contributed by atoms with Gasteiger partial charge in [0.05, 0.1) is 24.1 Å². The maximum atomic E-state index is 12.1. The van der Waals surface area contributed by atoms with Crippen LogP contribution in [0, 0.1) is 5.92 Å². The van der Waals surface area contributed by atoms with E-state index in [-0.39, 0.29) is 12.0 Å². The Hall–Kier alpha value is -2.12. The fourth-order valence-electron chi connectivity index (χ4n) is 3.46. The van der Waals surface area contributed by atoms with Crippen LogP contribution in [0.15, 0.2) is 29.2 Å². The van der Waals surface area contributed by atoms with Gasteiger partial charge >= 0.3 is 0 Å². The van der Waals surface area contributed by atoms with Crippen LogP contribution in [0.5, 0.6) is 0 Å². The first-order valence-electron chi connectivity index (χ1n) is 8.85. The zero-order chi connectivity index (χ0) is 17.1. The van der Waals surface area contributed by atoms with Crippen LogP contribution in [-0.2, 0) is 22.4 Å². The first-order chi connectivity index (χ1) is 12.3. The molecule has 7 heteroatoms. The Bertz CT molecular complexity index is 704. The molecule has 4 heterocycles. The highest BCUT2D eigenvalue weighted by Gasteiger charge is 2.26. The van der Waals surface area contributed by atoms with Gasteiger partial charge in [-0.1, -0.05) is 0 Å². The van der Waals surface area contributed by atoms with Crippen molar-refractivity contribution < 1.29 is 18.7 Å². The van der Waals surface area contributed by atoms with Crippen molar-refractivity contribution in [3.05, 3.63) is 41.6 Å². The molecule has 2 aromatic rings. The first-order valence-corrected chi connectivity index (χ1v) is 8.85. The standard InChI is InChI=1S/C18H23N3O4/c22-18(15-3-7-24-12-15)19-9-16-17-14(4-8-25-16)11-21(20-17)10-13-1-5-23-6-2-13/h3,7,11-13,16H,1-2,4-6,8-10H2,(H,19,22)/t16-/m0/s1. The van der Waals surface area contributed by atoms with Gasteiger partial charge in [-0.3, -0.25) is 9.48 Å². The molecule has 0 saturated carbocycles. The number of nitrogens with zero attached hydrogens (tertiary/aromatic N) is 2. The third kappa shape index (κ3) is 3.77. The Morgan fingerprint density at radius 2 is 2.20 bits per heavy atom. The summed E-state index contributed by atoms with van der Waals surface area (Å²) >= 11 is 0. The van der Waals surface area contributed by atoms with E-state index in [1.54, 1.807) is 6.07 Å². The third-order valence-electron chi connectivity index (χ3n) is 4.88. The van der Waals surface area contributed by atoms with Crippen LogP contribution in [0.3, 0.4) is 0 Å². The molecular formula is C18H23N3O4. The Labute approximate surface area is 146 Å². The lowest BCUT2D eigenvalue weighted by molar-refractivity contribution is 0.0379. The number of hydrogen-bond acceptors (Lipinski definition) is 5. The highest BCUT2D eigenvalue weighted by molar-refractivity contribution is 5.93. The molecule has 0 spiro atoms. The summed E-state index contributed by atoms with van der Waals surface area (Å²) in [6.07, 6.45) is 7.91. The number of carbonyl (C=O) groups excluding carboxylic acids is 1. The SMILES string of the molecule is O=C(NC[C@@H]1OCCc2cn(CC3CCOCC3)nc21)c1ccoc1. The number of carbonyl (C=O) groups is 1. The topological polar surface area (TPSA) is 78.5 Å². The van der Waals surface area contributed by atoms with Crippen LogP contribution in [0.4, 0.5) is 0 Å². The van der Waals surface area contributed by atoms with Crippen LogP contribution in [-0.4, -0.2) is 42.1 Å². The van der Waals surface area contributed by atoms with Gasteiger partial charge < -0.3 is 19.2 Å². The molecule has 4 rings (SSSR count). The number of rotatable bonds is 5. The summed E-state index contributed by atoms with van der Waals surface area (Å²) < 4.78 is 18.3. The zero-order valence-electron chi connectivity index (χ0n) is 14.1. The molecule has 25 heavy (non-hydrogen) atoms. The summed E-state index contributed by atoms with van der Waals surface area (Å²) in [7, 11) is 0. The lowest BCUT2D eigenvalue weighted by atomic mass is 10.0. The molecule has 134 valence electrons. The van der Waals surface area contributed by atoms with Gasteiger partial charge in [0, 0.05) is 32.5 Å². The van der Waals surface area contributed by atoms with Crippen molar-refractivity contribution in [2.45, 2.75) is 31.9 Å². The monoisotopic (exact) mass is 345 g/mol. The fraction of sp³-hybridized carbons (Fsp3) is 0.556. The molecular weight excluding hydrogens is 322 g/mol. The number of fused-ring (bicyclic) bond motifs is 1. The van der Waals surface area contributed by atoms with Crippen molar-refractivity contribution in [1.29, 1.82) is 0 Å². The normalized spacial score (nSPS) is 21.0. The van der Waals surface area contributed by atoms with Gasteiger partial charge in [-0.2, -0.15) is 5.10 Å². The van der Waals surface area contributed by atoms with Crippen molar-refractivity contribution in [3.63, 3.8) is 0 Å². The molecule has 1 N–H and O–H groups in total. The summed E-state index contributed by atoms with van der Waals surface area (Å²) in [5, 5.41) is 7.64. The van der Waals surface area contributed by atoms with Crippen LogP contribution < -0.4 is 5.32 Å². The number of amides is 1. The highest BCUT2D eigenvalue weighted by atomic mass is 16.5. The van der Waals surface area contributed by atoms with Gasteiger partial charge in [0.25, 0.3) is 5.91 Å². The van der Waals surface area contributed by atoms with Crippen molar-refractivity contribution in [1.82, 2.24) is 15.1 Å². The highest BCUT2D eigenvalue weighted by Crippen LogP contribution is 2.26. The summed E-state index contributed by atoms with van der Waals surface area (Å²) in [4.78, 5) is 12.1. The van der Waals surface area contributed by atoms with Crippen molar-refractivity contribution in [2.24, 2.45) is 5.92 Å². The summed E-state index contributed by atoms with van der Waals surface area (Å²) in [5.74, 6) is 0.460. The number of ether oxygens (including phenoxy) is 2. The van der Waals surface area contributed by atoms with E-state index >= 15 is 0 Å². The minimum atomic E-state index is -0.199. The van der Waals surface area contributed by atoms with Gasteiger partial charge in [-0.15, -0.1) is 0 Å². The van der Waals surface area contributed by atoms with Crippen molar-refractivity contribution >= 4 is 5.91 Å². The molecule has 7 nitrogen and oxygen atoms in total. The maximum absolute atomic E-state index is 12.1. The molecule has 0 bridgehead atoms. The van der Waals surface area contributed by atoms with E-state index in [9.17, 15) is 4.79 Å². The van der Waals surface area contributed by atoms with Crippen molar-refractivity contribution in [3.8, 4) is 0 Å². The molecule has 2 aromatic heterocycles. The third-order valence-corrected chi connectivity index (χ3v) is 4.88. The first kappa shape index (κ1) is 16.4. The van der Waals surface area contributed by atoms with E-state index in [1.165, 1.54) is 18.1 Å². The average Bonchev–Trinajstić information content (AvgIpc) is 3.30. The number of furan rings is 1. The molecule has 1 fully saturated rings. The second-order valence-corrected chi connectivity index (χ2v) is 6.65. The molecule has 1 atom stereocenters. The predicted molar refractivity (Wildman–Crippen MR) is 89.2 cm³/mol. The largest absolute Gasteiger partial charge is 0.472 e. The molecule has 0 aromatic carbocycles. The summed E-state index contributed by atoms with van der Waals surface area (Å²) in [6.45, 7) is 3.67. The molecule has 0 unspecified atom stereocenters. The minimum absolute atomic E-state index is 0.161. The van der Waals surface area contributed by atoms with E-state index < -0.39 is 0 Å². The molecule has 0 radical (unpaired) electrons. The summed E-state index contributed by atoms with van der Waals surface area (Å²) in [5.41, 5.74) is 2.69. The second kappa shape index (κ2) is 7.41. The maximum Gasteiger partial charge on any atom is 0.254 e. The van der Waals surface area contributed by atoms with Crippen LogP contribution in [0.2, 0.25) is 0 Å². The smallest absolute Gasteiger partial charge is 0.254 e. The predicted octanol–water partition coefficient (Wildman–Crippen LogP) is 1.95. The minimum Gasteiger partial charge on any atom is -0.472 e. The van der Waals surface area contributed by atoms with Gasteiger partial charge in [-0.25, -0.2) is 0 Å². The van der Waals surface area contributed by atoms with E-state index in [1.807, 2.05) is 4.68 Å². The van der Waals surface area contributed by atoms with Gasteiger partial charge in [0.1, 0.15) is 12.4 Å².